The summed E-state index contributed by atoms with van der Waals surface area (Å²) in [6.07, 6.45) is 0. The van der Waals surface area contributed by atoms with Gasteiger partial charge in [-0.05, 0) is 58.4 Å². The Kier molecular flexibility index (Phi) is 4.70. The van der Waals surface area contributed by atoms with Gasteiger partial charge in [-0.2, -0.15) is 0 Å². The maximum Gasteiger partial charge on any atom is 0.256 e. The summed E-state index contributed by atoms with van der Waals surface area (Å²) >= 11 is 3.20. The SMILES string of the molecule is CNC(=O)c1ccc(NC(=O)c2cc(F)ccc2Br)cc1. The van der Waals surface area contributed by atoms with Gasteiger partial charge in [0.05, 0.1) is 5.56 Å². The van der Waals surface area contributed by atoms with Crippen LogP contribution in [0.2, 0.25) is 0 Å². The fraction of sp³-hybridized carbons (Fsp3) is 0.0667. The third-order valence-electron chi connectivity index (χ3n) is 2.81. The van der Waals surface area contributed by atoms with E-state index in [0.29, 0.717) is 15.7 Å². The molecular formula is C15H12BrFN2O2. The monoisotopic (exact) mass is 350 g/mol. The summed E-state index contributed by atoms with van der Waals surface area (Å²) in [5, 5.41) is 5.15. The van der Waals surface area contributed by atoms with Crippen LogP contribution in [0.15, 0.2) is 46.9 Å². The fourth-order valence-electron chi connectivity index (χ4n) is 1.72. The Morgan fingerprint density at radius 3 is 2.33 bits per heavy atom. The number of carbonyl (C=O) groups excluding carboxylic acids is 2. The van der Waals surface area contributed by atoms with Gasteiger partial charge in [-0.15, -0.1) is 0 Å². The van der Waals surface area contributed by atoms with E-state index >= 15 is 0 Å². The molecule has 0 aromatic heterocycles. The van der Waals surface area contributed by atoms with Crippen LogP contribution in [0.25, 0.3) is 0 Å². The van der Waals surface area contributed by atoms with Crippen molar-refractivity contribution in [1.82, 2.24) is 5.32 Å². The molecule has 0 saturated heterocycles. The molecule has 0 aliphatic carbocycles. The number of amides is 2. The first kappa shape index (κ1) is 15.2. The maximum atomic E-state index is 13.2. The summed E-state index contributed by atoms with van der Waals surface area (Å²) in [6, 6.07) is 10.3. The lowest BCUT2D eigenvalue weighted by atomic mass is 10.1. The molecule has 0 atom stereocenters. The van der Waals surface area contributed by atoms with Crippen molar-refractivity contribution in [3.8, 4) is 0 Å². The van der Waals surface area contributed by atoms with Crippen LogP contribution in [0.3, 0.4) is 0 Å². The highest BCUT2D eigenvalue weighted by molar-refractivity contribution is 9.10. The van der Waals surface area contributed by atoms with Gasteiger partial charge >= 0.3 is 0 Å². The topological polar surface area (TPSA) is 58.2 Å². The van der Waals surface area contributed by atoms with Gasteiger partial charge in [0.15, 0.2) is 0 Å². The molecule has 2 aromatic rings. The van der Waals surface area contributed by atoms with Crippen molar-refractivity contribution in [2.24, 2.45) is 0 Å². The molecule has 0 bridgehead atoms. The van der Waals surface area contributed by atoms with Gasteiger partial charge in [-0.1, -0.05) is 0 Å². The summed E-state index contributed by atoms with van der Waals surface area (Å²) in [5.74, 6) is -1.13. The lowest BCUT2D eigenvalue weighted by Gasteiger charge is -2.08. The third-order valence-corrected chi connectivity index (χ3v) is 3.50. The van der Waals surface area contributed by atoms with E-state index in [9.17, 15) is 14.0 Å². The summed E-state index contributed by atoms with van der Waals surface area (Å²) in [5.41, 5.74) is 1.21. The van der Waals surface area contributed by atoms with Crippen molar-refractivity contribution in [2.45, 2.75) is 0 Å². The Balaban J connectivity index is 2.16. The molecule has 0 heterocycles. The summed E-state index contributed by atoms with van der Waals surface area (Å²) in [7, 11) is 1.54. The minimum absolute atomic E-state index is 0.199. The van der Waals surface area contributed by atoms with Gasteiger partial charge in [0, 0.05) is 22.8 Å². The van der Waals surface area contributed by atoms with E-state index in [2.05, 4.69) is 26.6 Å². The molecule has 4 nitrogen and oxygen atoms in total. The molecular weight excluding hydrogens is 339 g/mol. The molecule has 6 heteroatoms. The van der Waals surface area contributed by atoms with Crippen LogP contribution in [-0.2, 0) is 0 Å². The number of benzene rings is 2. The standard InChI is InChI=1S/C15H12BrFN2O2/c1-18-14(20)9-2-5-11(6-3-9)19-15(21)12-8-10(17)4-7-13(12)16/h2-8H,1H3,(H,18,20)(H,19,21). The predicted molar refractivity (Wildman–Crippen MR) is 81.9 cm³/mol. The highest BCUT2D eigenvalue weighted by Gasteiger charge is 2.12. The van der Waals surface area contributed by atoms with Crippen molar-refractivity contribution in [3.05, 3.63) is 63.9 Å². The lowest BCUT2D eigenvalue weighted by Crippen LogP contribution is -2.18. The Labute approximate surface area is 129 Å². The minimum atomic E-state index is -0.488. The van der Waals surface area contributed by atoms with Crippen molar-refractivity contribution < 1.29 is 14.0 Å². The zero-order chi connectivity index (χ0) is 15.4. The molecule has 2 N–H and O–H groups in total. The Morgan fingerprint density at radius 2 is 1.71 bits per heavy atom. The van der Waals surface area contributed by atoms with Crippen LogP contribution in [-0.4, -0.2) is 18.9 Å². The molecule has 2 aromatic carbocycles. The second-order valence-electron chi connectivity index (χ2n) is 4.23. The Morgan fingerprint density at radius 1 is 1.05 bits per heavy atom. The summed E-state index contributed by atoms with van der Waals surface area (Å²) in [4.78, 5) is 23.5. The second-order valence-corrected chi connectivity index (χ2v) is 5.09. The van der Waals surface area contributed by atoms with E-state index < -0.39 is 11.7 Å². The minimum Gasteiger partial charge on any atom is -0.355 e. The number of hydrogen-bond acceptors (Lipinski definition) is 2. The first-order valence-electron chi connectivity index (χ1n) is 6.10. The molecule has 0 radical (unpaired) electrons. The van der Waals surface area contributed by atoms with E-state index in [1.807, 2.05) is 0 Å². The average molecular weight is 351 g/mol. The first-order chi connectivity index (χ1) is 10.0. The molecule has 0 unspecified atom stereocenters. The van der Waals surface area contributed by atoms with Gasteiger partial charge in [-0.3, -0.25) is 9.59 Å². The van der Waals surface area contributed by atoms with Crippen molar-refractivity contribution in [1.29, 1.82) is 0 Å². The predicted octanol–water partition coefficient (Wildman–Crippen LogP) is 3.20. The molecule has 108 valence electrons. The van der Waals surface area contributed by atoms with Crippen LogP contribution in [0.4, 0.5) is 10.1 Å². The highest BCUT2D eigenvalue weighted by atomic mass is 79.9. The summed E-state index contributed by atoms with van der Waals surface area (Å²) < 4.78 is 13.7. The van der Waals surface area contributed by atoms with Crippen LogP contribution in [0.1, 0.15) is 20.7 Å². The zero-order valence-electron chi connectivity index (χ0n) is 11.1. The molecule has 21 heavy (non-hydrogen) atoms. The van der Waals surface area contributed by atoms with Gasteiger partial charge < -0.3 is 10.6 Å². The first-order valence-corrected chi connectivity index (χ1v) is 6.89. The second kappa shape index (κ2) is 6.49. The molecule has 0 aliphatic rings. The number of anilines is 1. The quantitative estimate of drug-likeness (QED) is 0.892. The van der Waals surface area contributed by atoms with Crippen LogP contribution >= 0.6 is 15.9 Å². The van der Waals surface area contributed by atoms with Gasteiger partial charge in [0.25, 0.3) is 11.8 Å². The van der Waals surface area contributed by atoms with Gasteiger partial charge in [-0.25, -0.2) is 4.39 Å². The van der Waals surface area contributed by atoms with Crippen LogP contribution in [0, 0.1) is 5.82 Å². The largest absolute Gasteiger partial charge is 0.355 e. The number of halogens is 2. The van der Waals surface area contributed by atoms with Crippen LogP contribution < -0.4 is 10.6 Å². The molecule has 2 rings (SSSR count). The van der Waals surface area contributed by atoms with Crippen LogP contribution in [0.5, 0.6) is 0 Å². The number of carbonyl (C=O) groups is 2. The van der Waals surface area contributed by atoms with Crippen molar-refractivity contribution >= 4 is 33.4 Å². The fourth-order valence-corrected chi connectivity index (χ4v) is 2.15. The molecule has 0 fully saturated rings. The molecule has 0 spiro atoms. The summed E-state index contributed by atoms with van der Waals surface area (Å²) in [6.45, 7) is 0. The normalized spacial score (nSPS) is 10.0. The maximum absolute atomic E-state index is 13.2. The molecule has 0 saturated carbocycles. The zero-order valence-corrected chi connectivity index (χ0v) is 12.7. The number of hydrogen-bond donors (Lipinski definition) is 2. The van der Waals surface area contributed by atoms with E-state index in [-0.39, 0.29) is 11.5 Å². The highest BCUT2D eigenvalue weighted by Crippen LogP contribution is 2.19. The van der Waals surface area contributed by atoms with E-state index in [4.69, 9.17) is 0 Å². The van der Waals surface area contributed by atoms with Gasteiger partial charge in [0.2, 0.25) is 0 Å². The molecule has 0 aliphatic heterocycles. The van der Waals surface area contributed by atoms with E-state index in [1.165, 1.54) is 12.1 Å². The average Bonchev–Trinajstić information content (AvgIpc) is 2.49. The smallest absolute Gasteiger partial charge is 0.256 e. The van der Waals surface area contributed by atoms with Crippen molar-refractivity contribution in [2.75, 3.05) is 12.4 Å². The third kappa shape index (κ3) is 3.66. The Bertz CT molecular complexity index is 687. The molecule has 2 amide bonds. The van der Waals surface area contributed by atoms with Crippen molar-refractivity contribution in [3.63, 3.8) is 0 Å². The number of rotatable bonds is 3. The Hall–Kier alpha value is -2.21. The number of nitrogens with one attached hydrogen (secondary N) is 2. The lowest BCUT2D eigenvalue weighted by molar-refractivity contribution is 0.0962. The van der Waals surface area contributed by atoms with E-state index in [1.54, 1.807) is 31.3 Å². The van der Waals surface area contributed by atoms with E-state index in [0.717, 1.165) is 6.07 Å². The van der Waals surface area contributed by atoms with Gasteiger partial charge in [0.1, 0.15) is 5.82 Å².